The Kier molecular flexibility index (Phi) is 5.50. The standard InChI is InChI=1S/C17H21NOS/c1-13-3-4-14(2)17(11-13)20-10-9-19-16-7-5-15(12-18)6-8-16/h3-8,11H,9-10,12,18H2,1-2H3. The van der Waals surface area contributed by atoms with Crippen LogP contribution in [0.15, 0.2) is 47.4 Å². The number of thioether (sulfide) groups is 1. The van der Waals surface area contributed by atoms with Gasteiger partial charge in [-0.25, -0.2) is 0 Å². The Hall–Kier alpha value is -1.45. The molecule has 0 atom stereocenters. The highest BCUT2D eigenvalue weighted by Crippen LogP contribution is 2.23. The van der Waals surface area contributed by atoms with Gasteiger partial charge in [0.15, 0.2) is 0 Å². The number of hydrogen-bond acceptors (Lipinski definition) is 3. The predicted octanol–water partition coefficient (Wildman–Crippen LogP) is 3.93. The minimum absolute atomic E-state index is 0.572. The van der Waals surface area contributed by atoms with Crippen LogP contribution in [-0.2, 0) is 6.54 Å². The number of ether oxygens (including phenoxy) is 1. The van der Waals surface area contributed by atoms with Gasteiger partial charge in [0.2, 0.25) is 0 Å². The van der Waals surface area contributed by atoms with E-state index in [1.54, 1.807) is 0 Å². The van der Waals surface area contributed by atoms with Crippen molar-refractivity contribution in [1.29, 1.82) is 0 Å². The minimum atomic E-state index is 0.572. The second-order valence-electron chi connectivity index (χ2n) is 4.81. The highest BCUT2D eigenvalue weighted by Gasteiger charge is 2.00. The van der Waals surface area contributed by atoms with Crippen molar-refractivity contribution < 1.29 is 4.74 Å². The van der Waals surface area contributed by atoms with E-state index in [4.69, 9.17) is 10.5 Å². The molecule has 2 aromatic carbocycles. The molecule has 0 amide bonds. The zero-order valence-corrected chi connectivity index (χ0v) is 12.9. The van der Waals surface area contributed by atoms with E-state index in [-0.39, 0.29) is 0 Å². The van der Waals surface area contributed by atoms with Crippen LogP contribution in [-0.4, -0.2) is 12.4 Å². The number of nitrogens with two attached hydrogens (primary N) is 1. The third-order valence-electron chi connectivity index (χ3n) is 3.11. The molecule has 2 rings (SSSR count). The monoisotopic (exact) mass is 287 g/mol. The van der Waals surface area contributed by atoms with Crippen LogP contribution in [0.2, 0.25) is 0 Å². The van der Waals surface area contributed by atoms with Gasteiger partial charge in [-0.05, 0) is 43.2 Å². The first kappa shape index (κ1) is 14.9. The van der Waals surface area contributed by atoms with E-state index in [2.05, 4.69) is 32.0 Å². The molecule has 2 N–H and O–H groups in total. The third kappa shape index (κ3) is 4.29. The smallest absolute Gasteiger partial charge is 0.119 e. The fraction of sp³-hybridized carbons (Fsp3) is 0.294. The summed E-state index contributed by atoms with van der Waals surface area (Å²) in [7, 11) is 0. The van der Waals surface area contributed by atoms with Crippen LogP contribution in [0.5, 0.6) is 5.75 Å². The van der Waals surface area contributed by atoms with Gasteiger partial charge in [-0.2, -0.15) is 0 Å². The quantitative estimate of drug-likeness (QED) is 0.646. The highest BCUT2D eigenvalue weighted by molar-refractivity contribution is 7.99. The van der Waals surface area contributed by atoms with Gasteiger partial charge in [0.1, 0.15) is 5.75 Å². The Morgan fingerprint density at radius 3 is 2.50 bits per heavy atom. The van der Waals surface area contributed by atoms with Gasteiger partial charge in [0.05, 0.1) is 6.61 Å². The Morgan fingerprint density at radius 2 is 1.80 bits per heavy atom. The molecule has 0 fully saturated rings. The third-order valence-corrected chi connectivity index (χ3v) is 4.23. The van der Waals surface area contributed by atoms with E-state index in [0.717, 1.165) is 17.1 Å². The normalized spacial score (nSPS) is 10.6. The summed E-state index contributed by atoms with van der Waals surface area (Å²) in [5.41, 5.74) is 9.32. The molecule has 0 unspecified atom stereocenters. The van der Waals surface area contributed by atoms with Gasteiger partial charge in [-0.15, -0.1) is 11.8 Å². The van der Waals surface area contributed by atoms with E-state index in [0.29, 0.717) is 13.2 Å². The van der Waals surface area contributed by atoms with E-state index >= 15 is 0 Å². The molecular weight excluding hydrogens is 266 g/mol. The van der Waals surface area contributed by atoms with Crippen molar-refractivity contribution in [2.45, 2.75) is 25.3 Å². The summed E-state index contributed by atoms with van der Waals surface area (Å²) in [6.07, 6.45) is 0. The lowest BCUT2D eigenvalue weighted by Crippen LogP contribution is -2.01. The molecule has 0 radical (unpaired) electrons. The molecule has 0 aromatic heterocycles. The van der Waals surface area contributed by atoms with Crippen LogP contribution in [0, 0.1) is 13.8 Å². The Morgan fingerprint density at radius 1 is 1.05 bits per heavy atom. The minimum Gasteiger partial charge on any atom is -0.493 e. The van der Waals surface area contributed by atoms with Gasteiger partial charge < -0.3 is 10.5 Å². The Labute approximate surface area is 125 Å². The van der Waals surface area contributed by atoms with E-state index in [1.807, 2.05) is 36.0 Å². The van der Waals surface area contributed by atoms with Gasteiger partial charge >= 0.3 is 0 Å². The lowest BCUT2D eigenvalue weighted by molar-refractivity contribution is 0.344. The first-order chi connectivity index (χ1) is 9.69. The fourth-order valence-electron chi connectivity index (χ4n) is 1.90. The number of aryl methyl sites for hydroxylation is 2. The zero-order valence-electron chi connectivity index (χ0n) is 12.1. The molecule has 3 heteroatoms. The van der Waals surface area contributed by atoms with E-state index < -0.39 is 0 Å². The summed E-state index contributed by atoms with van der Waals surface area (Å²) >= 11 is 1.84. The van der Waals surface area contributed by atoms with Gasteiger partial charge in [-0.3, -0.25) is 0 Å². The summed E-state index contributed by atoms with van der Waals surface area (Å²) in [6.45, 7) is 5.55. The average Bonchev–Trinajstić information content (AvgIpc) is 2.47. The highest BCUT2D eigenvalue weighted by atomic mass is 32.2. The van der Waals surface area contributed by atoms with Crippen LogP contribution in [0.4, 0.5) is 0 Å². The van der Waals surface area contributed by atoms with Crippen molar-refractivity contribution in [2.75, 3.05) is 12.4 Å². The van der Waals surface area contributed by atoms with Crippen molar-refractivity contribution in [3.8, 4) is 5.75 Å². The maximum absolute atomic E-state index is 5.74. The van der Waals surface area contributed by atoms with Crippen LogP contribution in [0.3, 0.4) is 0 Å². The molecule has 0 aliphatic carbocycles. The lowest BCUT2D eigenvalue weighted by atomic mass is 10.2. The lowest BCUT2D eigenvalue weighted by Gasteiger charge is -2.09. The van der Waals surface area contributed by atoms with Gasteiger partial charge in [0.25, 0.3) is 0 Å². The van der Waals surface area contributed by atoms with Gasteiger partial charge in [-0.1, -0.05) is 29.8 Å². The molecule has 106 valence electrons. The molecule has 0 saturated heterocycles. The zero-order chi connectivity index (χ0) is 14.4. The van der Waals surface area contributed by atoms with E-state index in [1.165, 1.54) is 16.0 Å². The first-order valence-electron chi connectivity index (χ1n) is 6.81. The van der Waals surface area contributed by atoms with Crippen LogP contribution < -0.4 is 10.5 Å². The molecule has 2 aromatic rings. The summed E-state index contributed by atoms with van der Waals surface area (Å²) in [5.74, 6) is 1.85. The molecular formula is C17H21NOS. The second kappa shape index (κ2) is 7.36. The number of benzene rings is 2. The van der Waals surface area contributed by atoms with Crippen molar-refractivity contribution in [1.82, 2.24) is 0 Å². The molecule has 0 heterocycles. The number of rotatable bonds is 6. The molecule has 0 spiro atoms. The summed E-state index contributed by atoms with van der Waals surface area (Å²) < 4.78 is 5.74. The van der Waals surface area contributed by atoms with Crippen LogP contribution in [0.1, 0.15) is 16.7 Å². The Balaban J connectivity index is 1.79. The van der Waals surface area contributed by atoms with Gasteiger partial charge in [0, 0.05) is 17.2 Å². The first-order valence-corrected chi connectivity index (χ1v) is 7.79. The average molecular weight is 287 g/mol. The Bertz CT molecular complexity index is 551. The maximum Gasteiger partial charge on any atom is 0.119 e. The van der Waals surface area contributed by atoms with Crippen molar-refractivity contribution in [3.63, 3.8) is 0 Å². The SMILES string of the molecule is Cc1ccc(C)c(SCCOc2ccc(CN)cc2)c1. The summed E-state index contributed by atoms with van der Waals surface area (Å²) in [6, 6.07) is 14.5. The molecule has 0 bridgehead atoms. The molecule has 2 nitrogen and oxygen atoms in total. The van der Waals surface area contributed by atoms with Crippen LogP contribution in [0.25, 0.3) is 0 Å². The molecule has 0 aliphatic rings. The maximum atomic E-state index is 5.74. The fourth-order valence-corrected chi connectivity index (χ4v) is 2.85. The van der Waals surface area contributed by atoms with Crippen molar-refractivity contribution in [3.05, 3.63) is 59.2 Å². The van der Waals surface area contributed by atoms with Crippen LogP contribution >= 0.6 is 11.8 Å². The van der Waals surface area contributed by atoms with Crippen molar-refractivity contribution >= 4 is 11.8 Å². The summed E-state index contributed by atoms with van der Waals surface area (Å²) in [5, 5.41) is 0. The van der Waals surface area contributed by atoms with Crippen molar-refractivity contribution in [2.24, 2.45) is 5.73 Å². The molecule has 0 saturated carbocycles. The van der Waals surface area contributed by atoms with E-state index in [9.17, 15) is 0 Å². The molecule has 20 heavy (non-hydrogen) atoms. The molecule has 0 aliphatic heterocycles. The summed E-state index contributed by atoms with van der Waals surface area (Å²) in [4.78, 5) is 1.34. The number of hydrogen-bond donors (Lipinski definition) is 1. The topological polar surface area (TPSA) is 35.2 Å². The predicted molar refractivity (Wildman–Crippen MR) is 86.5 cm³/mol. The largest absolute Gasteiger partial charge is 0.493 e. The second-order valence-corrected chi connectivity index (χ2v) is 5.95.